The van der Waals surface area contributed by atoms with Gasteiger partial charge in [0.05, 0.1) is 25.4 Å². The summed E-state index contributed by atoms with van der Waals surface area (Å²) in [5, 5.41) is 0. The van der Waals surface area contributed by atoms with Crippen LogP contribution in [0.1, 0.15) is 60.5 Å². The average Bonchev–Trinajstić information content (AvgIpc) is 3.65. The van der Waals surface area contributed by atoms with Crippen molar-refractivity contribution in [2.45, 2.75) is 51.6 Å². The highest BCUT2D eigenvalue weighted by Gasteiger charge is 2.39. The van der Waals surface area contributed by atoms with Gasteiger partial charge in [-0.2, -0.15) is 0 Å². The van der Waals surface area contributed by atoms with Crippen molar-refractivity contribution >= 4 is 5.91 Å². The summed E-state index contributed by atoms with van der Waals surface area (Å²) in [4.78, 5) is 20.3. The molecule has 1 saturated carbocycles. The Bertz CT molecular complexity index is 1010. The van der Waals surface area contributed by atoms with Gasteiger partial charge in [-0.05, 0) is 67.0 Å². The standard InChI is InChI=1S/C28H32N2O2/c1-20-7-9-22(10-8-20)21(2)18-27(31)30(19-25-6-4-5-17-29-25)28(23-11-12-23)24-13-15-26(32-3)16-14-24/h4-10,13-17,21,23,28H,11-12,18-19H2,1-3H3. The fourth-order valence-corrected chi connectivity index (χ4v) is 4.32. The topological polar surface area (TPSA) is 42.4 Å². The second kappa shape index (κ2) is 9.99. The maximum absolute atomic E-state index is 13.7. The molecule has 1 aliphatic carbocycles. The maximum Gasteiger partial charge on any atom is 0.224 e. The molecule has 4 rings (SSSR count). The summed E-state index contributed by atoms with van der Waals surface area (Å²) in [6, 6.07) is 22.6. The van der Waals surface area contributed by atoms with E-state index < -0.39 is 0 Å². The van der Waals surface area contributed by atoms with Gasteiger partial charge in [0.15, 0.2) is 0 Å². The normalized spacial score (nSPS) is 15.1. The molecule has 0 bridgehead atoms. The van der Waals surface area contributed by atoms with E-state index in [1.165, 1.54) is 16.7 Å². The van der Waals surface area contributed by atoms with Crippen LogP contribution in [0.25, 0.3) is 0 Å². The van der Waals surface area contributed by atoms with E-state index in [9.17, 15) is 4.79 Å². The predicted octanol–water partition coefficient (Wildman–Crippen LogP) is 6.07. The van der Waals surface area contributed by atoms with Crippen LogP contribution in [0.4, 0.5) is 0 Å². The molecule has 0 aliphatic heterocycles. The molecular weight excluding hydrogens is 396 g/mol. The molecular formula is C28H32N2O2. The number of rotatable bonds is 9. The molecule has 4 nitrogen and oxygen atoms in total. The summed E-state index contributed by atoms with van der Waals surface area (Å²) in [6.07, 6.45) is 4.58. The number of hydrogen-bond acceptors (Lipinski definition) is 3. The van der Waals surface area contributed by atoms with Gasteiger partial charge in [-0.25, -0.2) is 0 Å². The number of amides is 1. The first-order valence-electron chi connectivity index (χ1n) is 11.4. The van der Waals surface area contributed by atoms with E-state index >= 15 is 0 Å². The van der Waals surface area contributed by atoms with E-state index in [-0.39, 0.29) is 17.9 Å². The summed E-state index contributed by atoms with van der Waals surface area (Å²) in [5.74, 6) is 1.66. The lowest BCUT2D eigenvalue weighted by Gasteiger charge is -2.33. The SMILES string of the molecule is COc1ccc(C(C2CC2)N(Cc2ccccn2)C(=O)CC(C)c2ccc(C)cc2)cc1. The minimum Gasteiger partial charge on any atom is -0.497 e. The Morgan fingerprint density at radius 2 is 1.72 bits per heavy atom. The van der Waals surface area contributed by atoms with Crippen molar-refractivity contribution in [3.8, 4) is 5.75 Å². The van der Waals surface area contributed by atoms with Crippen LogP contribution in [0.2, 0.25) is 0 Å². The van der Waals surface area contributed by atoms with Gasteiger partial charge < -0.3 is 9.64 Å². The van der Waals surface area contributed by atoms with Crippen LogP contribution in [-0.2, 0) is 11.3 Å². The highest BCUT2D eigenvalue weighted by atomic mass is 16.5. The predicted molar refractivity (Wildman–Crippen MR) is 127 cm³/mol. The molecule has 1 aliphatic rings. The number of aromatic nitrogens is 1. The Balaban J connectivity index is 1.61. The monoisotopic (exact) mass is 428 g/mol. The van der Waals surface area contributed by atoms with Gasteiger partial charge in [0.1, 0.15) is 5.75 Å². The first-order valence-corrected chi connectivity index (χ1v) is 11.4. The Hall–Kier alpha value is -3.14. The third-order valence-corrected chi connectivity index (χ3v) is 6.37. The van der Waals surface area contributed by atoms with E-state index in [0.29, 0.717) is 18.9 Å². The zero-order chi connectivity index (χ0) is 22.5. The maximum atomic E-state index is 13.7. The lowest BCUT2D eigenvalue weighted by Crippen LogP contribution is -2.36. The Morgan fingerprint density at radius 1 is 1.03 bits per heavy atom. The fraction of sp³-hybridized carbons (Fsp3) is 0.357. The lowest BCUT2D eigenvalue weighted by atomic mass is 9.94. The summed E-state index contributed by atoms with van der Waals surface area (Å²) >= 11 is 0. The van der Waals surface area contributed by atoms with Gasteiger partial charge in [0, 0.05) is 12.6 Å². The molecule has 2 aromatic carbocycles. The zero-order valence-electron chi connectivity index (χ0n) is 19.2. The number of benzene rings is 2. The van der Waals surface area contributed by atoms with Crippen molar-refractivity contribution in [3.05, 3.63) is 95.3 Å². The number of nitrogens with zero attached hydrogens (tertiary/aromatic N) is 2. The first-order chi connectivity index (χ1) is 15.5. The minimum absolute atomic E-state index is 0.0561. The van der Waals surface area contributed by atoms with Crippen molar-refractivity contribution in [1.82, 2.24) is 9.88 Å². The molecule has 0 spiro atoms. The van der Waals surface area contributed by atoms with Gasteiger partial charge in [-0.15, -0.1) is 0 Å². The number of carbonyl (C=O) groups is 1. The molecule has 1 heterocycles. The van der Waals surface area contributed by atoms with Gasteiger partial charge in [0.2, 0.25) is 5.91 Å². The summed E-state index contributed by atoms with van der Waals surface area (Å²) < 4.78 is 5.35. The second-order valence-corrected chi connectivity index (χ2v) is 8.91. The summed E-state index contributed by atoms with van der Waals surface area (Å²) in [5.41, 5.74) is 4.52. The Labute approximate surface area is 191 Å². The zero-order valence-corrected chi connectivity index (χ0v) is 19.2. The quantitative estimate of drug-likeness (QED) is 0.415. The van der Waals surface area contributed by atoms with Crippen LogP contribution in [0, 0.1) is 12.8 Å². The molecule has 0 saturated heterocycles. The van der Waals surface area contributed by atoms with Crippen LogP contribution < -0.4 is 4.74 Å². The number of methoxy groups -OCH3 is 1. The van der Waals surface area contributed by atoms with Crippen LogP contribution >= 0.6 is 0 Å². The molecule has 2 unspecified atom stereocenters. The largest absolute Gasteiger partial charge is 0.497 e. The summed E-state index contributed by atoms with van der Waals surface area (Å²) in [6.45, 7) is 4.75. The third-order valence-electron chi connectivity index (χ3n) is 6.37. The molecule has 4 heteroatoms. The molecule has 166 valence electrons. The molecule has 3 aromatic rings. The van der Waals surface area contributed by atoms with Crippen molar-refractivity contribution in [2.24, 2.45) is 5.92 Å². The van der Waals surface area contributed by atoms with Crippen molar-refractivity contribution < 1.29 is 9.53 Å². The Morgan fingerprint density at radius 3 is 2.31 bits per heavy atom. The molecule has 1 aromatic heterocycles. The van der Waals surface area contributed by atoms with Gasteiger partial charge in [-0.3, -0.25) is 9.78 Å². The number of carbonyl (C=O) groups excluding carboxylic acids is 1. The molecule has 1 amide bonds. The van der Waals surface area contributed by atoms with E-state index in [1.54, 1.807) is 13.3 Å². The van der Waals surface area contributed by atoms with E-state index in [2.05, 4.69) is 60.1 Å². The lowest BCUT2D eigenvalue weighted by molar-refractivity contribution is -0.135. The van der Waals surface area contributed by atoms with Crippen molar-refractivity contribution in [2.75, 3.05) is 7.11 Å². The van der Waals surface area contributed by atoms with Crippen LogP contribution in [0.15, 0.2) is 72.9 Å². The van der Waals surface area contributed by atoms with Gasteiger partial charge in [0.25, 0.3) is 0 Å². The fourth-order valence-electron chi connectivity index (χ4n) is 4.32. The number of pyridine rings is 1. The van der Waals surface area contributed by atoms with Gasteiger partial charge in [-0.1, -0.05) is 55.0 Å². The van der Waals surface area contributed by atoms with E-state index in [4.69, 9.17) is 4.74 Å². The van der Waals surface area contributed by atoms with Crippen LogP contribution in [-0.4, -0.2) is 22.9 Å². The van der Waals surface area contributed by atoms with Crippen molar-refractivity contribution in [3.63, 3.8) is 0 Å². The van der Waals surface area contributed by atoms with E-state index in [0.717, 1.165) is 24.3 Å². The number of hydrogen-bond donors (Lipinski definition) is 0. The highest BCUT2D eigenvalue weighted by molar-refractivity contribution is 5.77. The third kappa shape index (κ3) is 5.37. The molecule has 2 atom stereocenters. The molecule has 32 heavy (non-hydrogen) atoms. The smallest absolute Gasteiger partial charge is 0.224 e. The van der Waals surface area contributed by atoms with Crippen LogP contribution in [0.3, 0.4) is 0 Å². The van der Waals surface area contributed by atoms with Crippen molar-refractivity contribution in [1.29, 1.82) is 0 Å². The number of aryl methyl sites for hydroxylation is 1. The van der Waals surface area contributed by atoms with Gasteiger partial charge >= 0.3 is 0 Å². The Kier molecular flexibility index (Phi) is 6.89. The second-order valence-electron chi connectivity index (χ2n) is 8.91. The number of ether oxygens (including phenoxy) is 1. The molecule has 1 fully saturated rings. The highest BCUT2D eigenvalue weighted by Crippen LogP contribution is 2.46. The average molecular weight is 429 g/mol. The van der Waals surface area contributed by atoms with Crippen LogP contribution in [0.5, 0.6) is 5.75 Å². The minimum atomic E-state index is 0.0561. The van der Waals surface area contributed by atoms with E-state index in [1.807, 2.05) is 30.3 Å². The first kappa shape index (κ1) is 22.1. The molecule has 0 N–H and O–H groups in total. The summed E-state index contributed by atoms with van der Waals surface area (Å²) in [7, 11) is 1.68. The molecule has 0 radical (unpaired) electrons.